The van der Waals surface area contributed by atoms with Crippen LogP contribution in [-0.4, -0.2) is 53.0 Å². The van der Waals surface area contributed by atoms with Crippen molar-refractivity contribution in [3.63, 3.8) is 0 Å². The molecule has 0 aromatic carbocycles. The number of hydrogen-bond donors (Lipinski definition) is 3. The van der Waals surface area contributed by atoms with Gasteiger partial charge in [-0.2, -0.15) is 5.10 Å². The van der Waals surface area contributed by atoms with Gasteiger partial charge in [0.15, 0.2) is 5.82 Å². The number of anilines is 1. The number of urea groups is 1. The van der Waals surface area contributed by atoms with Gasteiger partial charge in [-0.3, -0.25) is 4.79 Å². The molecular formula is C15H23N5O3. The van der Waals surface area contributed by atoms with Gasteiger partial charge in [0.1, 0.15) is 0 Å². The number of carbonyl (C=O) groups is 2. The quantitative estimate of drug-likeness (QED) is 0.673. The summed E-state index contributed by atoms with van der Waals surface area (Å²) in [7, 11) is 0. The highest BCUT2D eigenvalue weighted by molar-refractivity contribution is 5.74. The number of aryl methyl sites for hydroxylation is 1. The topological polar surface area (TPSA) is 107 Å². The maximum atomic E-state index is 11.8. The van der Waals surface area contributed by atoms with Gasteiger partial charge in [-0.05, 0) is 38.3 Å². The zero-order chi connectivity index (χ0) is 16.7. The third-order valence-electron chi connectivity index (χ3n) is 3.72. The van der Waals surface area contributed by atoms with E-state index in [9.17, 15) is 9.59 Å². The SMILES string of the molecule is Cc1ccc(N2CCCC(NC(=O)NCCCC(=O)O)C2)nn1. The van der Waals surface area contributed by atoms with Crippen molar-refractivity contribution in [2.24, 2.45) is 0 Å². The smallest absolute Gasteiger partial charge is 0.315 e. The second-order valence-electron chi connectivity index (χ2n) is 5.72. The van der Waals surface area contributed by atoms with Crippen molar-refractivity contribution in [1.82, 2.24) is 20.8 Å². The minimum atomic E-state index is -0.852. The van der Waals surface area contributed by atoms with Crippen molar-refractivity contribution in [3.8, 4) is 0 Å². The van der Waals surface area contributed by atoms with E-state index in [2.05, 4.69) is 25.7 Å². The standard InChI is InChI=1S/C15H23N5O3/c1-11-6-7-13(19-18-11)20-9-3-4-12(10-20)17-15(23)16-8-2-5-14(21)22/h6-7,12H,2-5,8-10H2,1H3,(H,21,22)(H2,16,17,23). The van der Waals surface area contributed by atoms with Crippen LogP contribution in [0, 0.1) is 6.92 Å². The molecule has 126 valence electrons. The van der Waals surface area contributed by atoms with Gasteiger partial charge < -0.3 is 20.6 Å². The number of hydrogen-bond acceptors (Lipinski definition) is 5. The van der Waals surface area contributed by atoms with E-state index in [0.717, 1.165) is 30.9 Å². The summed E-state index contributed by atoms with van der Waals surface area (Å²) in [6.45, 7) is 3.85. The van der Waals surface area contributed by atoms with Gasteiger partial charge in [0.2, 0.25) is 0 Å². The van der Waals surface area contributed by atoms with Crippen LogP contribution < -0.4 is 15.5 Å². The molecule has 2 amide bonds. The van der Waals surface area contributed by atoms with Crippen molar-refractivity contribution in [1.29, 1.82) is 0 Å². The van der Waals surface area contributed by atoms with Crippen LogP contribution in [-0.2, 0) is 4.79 Å². The fraction of sp³-hybridized carbons (Fsp3) is 0.600. The lowest BCUT2D eigenvalue weighted by Crippen LogP contribution is -2.51. The van der Waals surface area contributed by atoms with Gasteiger partial charge in [-0.15, -0.1) is 5.10 Å². The lowest BCUT2D eigenvalue weighted by molar-refractivity contribution is -0.137. The summed E-state index contributed by atoms with van der Waals surface area (Å²) in [5.41, 5.74) is 0.876. The van der Waals surface area contributed by atoms with E-state index in [0.29, 0.717) is 19.5 Å². The Morgan fingerprint density at radius 1 is 1.39 bits per heavy atom. The molecule has 1 aromatic heterocycles. The molecule has 0 aliphatic carbocycles. The molecule has 23 heavy (non-hydrogen) atoms. The summed E-state index contributed by atoms with van der Waals surface area (Å²) >= 11 is 0. The normalized spacial score (nSPS) is 17.6. The molecule has 8 heteroatoms. The van der Waals surface area contributed by atoms with Crippen LogP contribution in [0.4, 0.5) is 10.6 Å². The Hall–Kier alpha value is -2.38. The molecule has 1 unspecified atom stereocenters. The molecule has 1 aromatic rings. The number of aromatic nitrogens is 2. The van der Waals surface area contributed by atoms with E-state index in [1.54, 1.807) is 0 Å². The van der Waals surface area contributed by atoms with Gasteiger partial charge in [-0.25, -0.2) is 4.79 Å². The number of carboxylic acid groups (broad SMARTS) is 1. The summed E-state index contributed by atoms with van der Waals surface area (Å²) in [6.07, 6.45) is 2.37. The number of nitrogens with one attached hydrogen (secondary N) is 2. The number of aliphatic carboxylic acids is 1. The highest BCUT2D eigenvalue weighted by Crippen LogP contribution is 2.17. The summed E-state index contributed by atoms with van der Waals surface area (Å²) in [6, 6.07) is 3.66. The highest BCUT2D eigenvalue weighted by atomic mass is 16.4. The number of piperidine rings is 1. The van der Waals surface area contributed by atoms with Crippen LogP contribution in [0.25, 0.3) is 0 Å². The largest absolute Gasteiger partial charge is 0.481 e. The Morgan fingerprint density at radius 2 is 2.22 bits per heavy atom. The first-order chi connectivity index (χ1) is 11.0. The van der Waals surface area contributed by atoms with E-state index < -0.39 is 5.97 Å². The van der Waals surface area contributed by atoms with Crippen LogP contribution in [0.3, 0.4) is 0 Å². The molecule has 0 spiro atoms. The third kappa shape index (κ3) is 5.72. The van der Waals surface area contributed by atoms with E-state index in [-0.39, 0.29) is 18.5 Å². The Labute approximate surface area is 135 Å². The molecular weight excluding hydrogens is 298 g/mol. The molecule has 3 N–H and O–H groups in total. The number of nitrogens with zero attached hydrogens (tertiary/aromatic N) is 3. The Kier molecular flexibility index (Phi) is 6.13. The molecule has 0 saturated carbocycles. The zero-order valence-corrected chi connectivity index (χ0v) is 13.3. The van der Waals surface area contributed by atoms with Crippen LogP contribution in [0.2, 0.25) is 0 Å². The molecule has 1 aliphatic rings. The molecule has 2 heterocycles. The fourth-order valence-corrected chi connectivity index (χ4v) is 2.54. The second kappa shape index (κ2) is 8.30. The first-order valence-corrected chi connectivity index (χ1v) is 7.86. The molecule has 0 bridgehead atoms. The molecule has 1 atom stereocenters. The summed E-state index contributed by atoms with van der Waals surface area (Å²) < 4.78 is 0. The van der Waals surface area contributed by atoms with Crippen molar-refractivity contribution < 1.29 is 14.7 Å². The Balaban J connectivity index is 1.76. The van der Waals surface area contributed by atoms with Crippen molar-refractivity contribution in [2.45, 2.75) is 38.6 Å². The van der Waals surface area contributed by atoms with E-state index in [1.807, 2.05) is 19.1 Å². The van der Waals surface area contributed by atoms with Crippen molar-refractivity contribution >= 4 is 17.8 Å². The summed E-state index contributed by atoms with van der Waals surface area (Å²) in [4.78, 5) is 24.4. The second-order valence-corrected chi connectivity index (χ2v) is 5.72. The first kappa shape index (κ1) is 17.0. The van der Waals surface area contributed by atoms with Gasteiger partial charge >= 0.3 is 12.0 Å². The van der Waals surface area contributed by atoms with Crippen LogP contribution in [0.5, 0.6) is 0 Å². The van der Waals surface area contributed by atoms with Gasteiger partial charge in [0.25, 0.3) is 0 Å². The maximum Gasteiger partial charge on any atom is 0.315 e. The molecule has 0 radical (unpaired) electrons. The number of rotatable bonds is 6. The highest BCUT2D eigenvalue weighted by Gasteiger charge is 2.22. The predicted octanol–water partition coefficient (Wildman–Crippen LogP) is 0.918. The van der Waals surface area contributed by atoms with E-state index >= 15 is 0 Å². The average Bonchev–Trinajstić information content (AvgIpc) is 2.52. The minimum Gasteiger partial charge on any atom is -0.481 e. The lowest BCUT2D eigenvalue weighted by atomic mass is 10.1. The maximum absolute atomic E-state index is 11.8. The Morgan fingerprint density at radius 3 is 2.91 bits per heavy atom. The number of amides is 2. The summed E-state index contributed by atoms with van der Waals surface area (Å²) in [5.74, 6) is -0.0293. The predicted molar refractivity (Wildman–Crippen MR) is 85.4 cm³/mol. The zero-order valence-electron chi connectivity index (χ0n) is 13.3. The molecule has 1 fully saturated rings. The average molecular weight is 321 g/mol. The molecule has 8 nitrogen and oxygen atoms in total. The molecule has 2 rings (SSSR count). The van der Waals surface area contributed by atoms with Gasteiger partial charge in [0, 0.05) is 32.1 Å². The fourth-order valence-electron chi connectivity index (χ4n) is 2.54. The lowest BCUT2D eigenvalue weighted by Gasteiger charge is -2.33. The third-order valence-corrected chi connectivity index (χ3v) is 3.72. The summed E-state index contributed by atoms with van der Waals surface area (Å²) in [5, 5.41) is 22.4. The number of carboxylic acids is 1. The van der Waals surface area contributed by atoms with Gasteiger partial charge in [0.05, 0.1) is 5.69 Å². The molecule has 1 saturated heterocycles. The van der Waals surface area contributed by atoms with Crippen LogP contribution in [0.1, 0.15) is 31.4 Å². The number of carbonyl (C=O) groups excluding carboxylic acids is 1. The first-order valence-electron chi connectivity index (χ1n) is 7.86. The van der Waals surface area contributed by atoms with Gasteiger partial charge in [-0.1, -0.05) is 0 Å². The van der Waals surface area contributed by atoms with E-state index in [1.165, 1.54) is 0 Å². The minimum absolute atomic E-state index is 0.0475. The van der Waals surface area contributed by atoms with Crippen LogP contribution >= 0.6 is 0 Å². The van der Waals surface area contributed by atoms with E-state index in [4.69, 9.17) is 5.11 Å². The Bertz CT molecular complexity index is 534. The van der Waals surface area contributed by atoms with Crippen molar-refractivity contribution in [3.05, 3.63) is 17.8 Å². The monoisotopic (exact) mass is 321 g/mol. The molecule has 1 aliphatic heterocycles. The van der Waals surface area contributed by atoms with Crippen molar-refractivity contribution in [2.75, 3.05) is 24.5 Å². The van der Waals surface area contributed by atoms with Crippen LogP contribution in [0.15, 0.2) is 12.1 Å².